The monoisotopic (exact) mass is 1200 g/mol. The van der Waals surface area contributed by atoms with Crippen LogP contribution in [0.15, 0.2) is 102 Å². The fourth-order valence-corrected chi connectivity index (χ4v) is 11.6. The van der Waals surface area contributed by atoms with Gasteiger partial charge in [0.05, 0.1) is 60.2 Å². The van der Waals surface area contributed by atoms with Crippen LogP contribution in [-0.2, 0) is 63.1 Å². The number of nitrogens with zero attached hydrogens (tertiary/aromatic N) is 5. The number of fused-ring (bicyclic) bond motifs is 6. The van der Waals surface area contributed by atoms with Gasteiger partial charge in [-0.05, 0) is 110 Å². The number of urea groups is 1. The molecule has 23 nitrogen and oxygen atoms in total. The van der Waals surface area contributed by atoms with Crippen LogP contribution in [0.25, 0.3) is 0 Å². The minimum absolute atomic E-state index is 0.000352. The predicted octanol–water partition coefficient (Wildman–Crippen LogP) is 6.42. The van der Waals surface area contributed by atoms with E-state index < -0.39 is 36.0 Å². The molecule has 0 radical (unpaired) electrons. The third kappa shape index (κ3) is 14.4. The molecule has 5 aliphatic heterocycles. The second-order valence-electron chi connectivity index (χ2n) is 22.8. The van der Waals surface area contributed by atoms with E-state index in [1.54, 1.807) is 56.3 Å². The van der Waals surface area contributed by atoms with Gasteiger partial charge < -0.3 is 61.1 Å². The molecule has 4 atom stereocenters. The second kappa shape index (κ2) is 27.7. The summed E-state index contributed by atoms with van der Waals surface area (Å²) in [4.78, 5) is 119. The molecule has 0 unspecified atom stereocenters. The molecule has 0 aliphatic carbocycles. The van der Waals surface area contributed by atoms with Crippen molar-refractivity contribution in [1.29, 1.82) is 0 Å². The number of rotatable bonds is 25. The molecule has 9 amide bonds. The average Bonchev–Trinajstić information content (AvgIpc) is 1.71. The van der Waals surface area contributed by atoms with E-state index in [1.165, 1.54) is 24.8 Å². The van der Waals surface area contributed by atoms with E-state index in [-0.39, 0.29) is 87.2 Å². The number of primary amides is 1. The number of anilines is 2. The standard InChI is InChI=1S/C65H73N11O12/c1-38(2)60(73-57(77)18-6-5-11-24-74-58(78)21-22-59(74)79)62(81)72-50(17-9-10-23-67-65(66)84)61(80)71-43-20-19-40-27-47-33-69-52-31-56(54(86-4)29-49(52)64(83)76(47)35-42(40)25-43)88-37-45-16-12-15-44(70-45)36-87-55-30-51-48(28-53(55)85-3)63(82)75-34-41-14-8-7-13-39(41)26-46(75)32-68-51/h7-8,12-16,19-22,25,28-31,33,38,46-47,50,60,68H,5-6,9-11,17-18,23-24,26-27,32,34-37H2,1-4H3,(H,71,80)(H,72,81)(H,73,77)(H3,66,67,84)/t46-,47-,50-,60-/m0/s1. The molecule has 5 aliphatic rings. The van der Waals surface area contributed by atoms with Crippen molar-refractivity contribution in [3.05, 3.63) is 142 Å². The van der Waals surface area contributed by atoms with Crippen LogP contribution in [0.5, 0.6) is 23.0 Å². The normalized spacial score (nSPS) is 16.9. The van der Waals surface area contributed by atoms with Crippen LogP contribution in [0.4, 0.5) is 21.9 Å². The predicted molar refractivity (Wildman–Crippen MR) is 326 cm³/mol. The number of hydrogen-bond acceptors (Lipinski definition) is 15. The number of benzene rings is 4. The van der Waals surface area contributed by atoms with Crippen molar-refractivity contribution < 1.29 is 57.3 Å². The van der Waals surface area contributed by atoms with E-state index >= 15 is 0 Å². The van der Waals surface area contributed by atoms with Crippen LogP contribution in [0.1, 0.15) is 113 Å². The lowest BCUT2D eigenvalue weighted by Crippen LogP contribution is -2.54. The van der Waals surface area contributed by atoms with Gasteiger partial charge in [-0.2, -0.15) is 0 Å². The maximum absolute atomic E-state index is 14.5. The first-order chi connectivity index (χ1) is 42.5. The highest BCUT2D eigenvalue weighted by Crippen LogP contribution is 2.41. The molecule has 0 saturated heterocycles. The summed E-state index contributed by atoms with van der Waals surface area (Å²) in [5.74, 6) is -1.25. The Kier molecular flexibility index (Phi) is 19.3. The van der Waals surface area contributed by atoms with Crippen molar-refractivity contribution in [2.75, 3.05) is 44.5 Å². The van der Waals surface area contributed by atoms with Crippen LogP contribution >= 0.6 is 0 Å². The number of methoxy groups -OCH3 is 2. The molecule has 4 aromatic carbocycles. The number of carbonyl (C=O) groups excluding carboxylic acids is 8. The number of aliphatic imine (C=N–C) groups is 1. The molecule has 0 bridgehead atoms. The number of aromatic nitrogens is 1. The van der Waals surface area contributed by atoms with Crippen molar-refractivity contribution in [3.8, 4) is 23.0 Å². The Morgan fingerprint density at radius 3 is 2.09 bits per heavy atom. The summed E-state index contributed by atoms with van der Waals surface area (Å²) in [5, 5.41) is 14.7. The summed E-state index contributed by atoms with van der Waals surface area (Å²) in [6.45, 7) is 5.56. The van der Waals surface area contributed by atoms with Crippen molar-refractivity contribution in [3.63, 3.8) is 0 Å². The van der Waals surface area contributed by atoms with Crippen LogP contribution < -0.4 is 51.3 Å². The van der Waals surface area contributed by atoms with Gasteiger partial charge in [0.25, 0.3) is 23.6 Å². The van der Waals surface area contributed by atoms with Gasteiger partial charge in [0.15, 0.2) is 23.0 Å². The Hall–Kier alpha value is -9.80. The number of nitrogens with one attached hydrogen (secondary N) is 5. The zero-order valence-corrected chi connectivity index (χ0v) is 49.7. The number of amides is 9. The largest absolute Gasteiger partial charge is 0.493 e. The van der Waals surface area contributed by atoms with E-state index in [2.05, 4.69) is 38.7 Å². The summed E-state index contributed by atoms with van der Waals surface area (Å²) < 4.78 is 24.1. The SMILES string of the molecule is COc1cc2c(cc1OCc1cccc(COc3cc4c(cc3OC)C(=O)N3Cc5ccccc5C[C@H]3CN4)n1)N=C[C@@H]1Cc3ccc(NC(=O)[C@H](CCCCNC(N)=O)NC(=O)[C@@H](NC(=O)CCCCCN4C(=O)C=CC4=O)C(C)C)cc3CN1C2=O. The molecule has 7 N–H and O–H groups in total. The Morgan fingerprint density at radius 1 is 0.693 bits per heavy atom. The minimum Gasteiger partial charge on any atom is -0.493 e. The number of ether oxygens (including phenoxy) is 4. The molecule has 0 spiro atoms. The van der Waals surface area contributed by atoms with Crippen molar-refractivity contribution in [2.24, 2.45) is 16.6 Å². The number of nitrogens with two attached hydrogens (primary N) is 1. The van der Waals surface area contributed by atoms with Gasteiger partial charge in [0.1, 0.15) is 25.3 Å². The third-order valence-corrected chi connectivity index (χ3v) is 16.4. The van der Waals surface area contributed by atoms with E-state index in [9.17, 15) is 38.4 Å². The molecule has 0 fully saturated rings. The first-order valence-electron chi connectivity index (χ1n) is 29.7. The van der Waals surface area contributed by atoms with Gasteiger partial charge in [-0.15, -0.1) is 0 Å². The van der Waals surface area contributed by atoms with E-state index in [4.69, 9.17) is 34.7 Å². The molecular formula is C65H73N11O12. The summed E-state index contributed by atoms with van der Waals surface area (Å²) in [6, 6.07) is 23.0. The fraction of sp³-hybridized carbons (Fsp3) is 0.385. The zero-order valence-electron chi connectivity index (χ0n) is 49.7. The molecular weight excluding hydrogens is 1130 g/mol. The second-order valence-corrected chi connectivity index (χ2v) is 22.8. The van der Waals surface area contributed by atoms with Crippen LogP contribution in [-0.4, -0.2) is 131 Å². The van der Waals surface area contributed by atoms with Crippen LogP contribution in [0.2, 0.25) is 0 Å². The summed E-state index contributed by atoms with van der Waals surface area (Å²) in [7, 11) is 3.04. The van der Waals surface area contributed by atoms with E-state index in [0.29, 0.717) is 114 Å². The molecule has 10 rings (SSSR count). The van der Waals surface area contributed by atoms with Crippen molar-refractivity contribution in [2.45, 2.75) is 122 Å². The van der Waals surface area contributed by atoms with E-state index in [0.717, 1.165) is 28.0 Å². The lowest BCUT2D eigenvalue weighted by atomic mass is 9.93. The molecule has 0 saturated carbocycles. The molecule has 460 valence electrons. The molecule has 88 heavy (non-hydrogen) atoms. The molecule has 6 heterocycles. The molecule has 1 aromatic heterocycles. The highest BCUT2D eigenvalue weighted by atomic mass is 16.5. The maximum atomic E-state index is 14.5. The Morgan fingerprint density at radius 2 is 1.38 bits per heavy atom. The summed E-state index contributed by atoms with van der Waals surface area (Å²) in [6.07, 6.45) is 8.22. The number of imide groups is 1. The van der Waals surface area contributed by atoms with Gasteiger partial charge in [-0.3, -0.25) is 48.4 Å². The first-order valence-corrected chi connectivity index (χ1v) is 29.7. The van der Waals surface area contributed by atoms with E-state index in [1.807, 2.05) is 53.4 Å². The zero-order chi connectivity index (χ0) is 62.0. The number of hydrogen-bond donors (Lipinski definition) is 6. The lowest BCUT2D eigenvalue weighted by molar-refractivity contribution is -0.137. The Bertz CT molecular complexity index is 3570. The van der Waals surface area contributed by atoms with Gasteiger partial charge in [-0.1, -0.05) is 56.7 Å². The lowest BCUT2D eigenvalue weighted by Gasteiger charge is -2.35. The topological polar surface area (TPSA) is 295 Å². The third-order valence-electron chi connectivity index (χ3n) is 16.4. The van der Waals surface area contributed by atoms with Crippen molar-refractivity contribution >= 4 is 70.7 Å². The highest BCUT2D eigenvalue weighted by Gasteiger charge is 2.37. The number of carbonyl (C=O) groups is 8. The summed E-state index contributed by atoms with van der Waals surface area (Å²) >= 11 is 0. The fourth-order valence-electron chi connectivity index (χ4n) is 11.6. The maximum Gasteiger partial charge on any atom is 0.312 e. The molecule has 23 heteroatoms. The first kappa shape index (κ1) is 61.3. The van der Waals surface area contributed by atoms with Gasteiger partial charge in [0, 0.05) is 75.3 Å². The number of unbranched alkanes of at least 4 members (excludes halogenated alkanes) is 3. The smallest absolute Gasteiger partial charge is 0.312 e. The quantitative estimate of drug-likeness (QED) is 0.0272. The highest BCUT2D eigenvalue weighted by molar-refractivity contribution is 6.13. The molecule has 5 aromatic rings. The average molecular weight is 1200 g/mol. The van der Waals surface area contributed by atoms with Crippen molar-refractivity contribution in [1.82, 2.24) is 35.6 Å². The van der Waals surface area contributed by atoms with Gasteiger partial charge >= 0.3 is 6.03 Å². The Labute approximate surface area is 509 Å². The summed E-state index contributed by atoms with van der Waals surface area (Å²) in [5.41, 5.74) is 13.0. The van der Waals surface area contributed by atoms with Gasteiger partial charge in [-0.25, -0.2) is 4.79 Å². The Balaban J connectivity index is 0.752. The van der Waals surface area contributed by atoms with Crippen LogP contribution in [0.3, 0.4) is 0 Å². The van der Waals surface area contributed by atoms with Crippen LogP contribution in [0, 0.1) is 5.92 Å². The van der Waals surface area contributed by atoms with Gasteiger partial charge in [0.2, 0.25) is 17.7 Å². The number of pyridine rings is 1. The minimum atomic E-state index is -1.03.